The molecule has 0 bridgehead atoms. The topological polar surface area (TPSA) is 69.7 Å². The van der Waals surface area contributed by atoms with Crippen molar-refractivity contribution in [3.63, 3.8) is 0 Å². The summed E-state index contributed by atoms with van der Waals surface area (Å²) >= 11 is 6.16. The van der Waals surface area contributed by atoms with Gasteiger partial charge in [0, 0.05) is 49.0 Å². The van der Waals surface area contributed by atoms with Crippen LogP contribution >= 0.6 is 11.6 Å². The molecule has 200 valence electrons. The zero-order chi connectivity index (χ0) is 26.8. The first kappa shape index (κ1) is 27.7. The fraction of sp³-hybridized carbons (Fsp3) is 0.483. The molecule has 2 aliphatic rings. The van der Waals surface area contributed by atoms with Gasteiger partial charge < -0.3 is 4.90 Å². The molecule has 4 rings (SSSR count). The summed E-state index contributed by atoms with van der Waals surface area (Å²) in [5.41, 5.74) is 6.84. The number of aryl methyl sites for hydroxylation is 1. The lowest BCUT2D eigenvalue weighted by atomic mass is 9.72. The number of amides is 1. The van der Waals surface area contributed by atoms with Gasteiger partial charge in [0.2, 0.25) is 10.0 Å². The number of carbonyl (C=O) groups excluding carboxylic acids is 1. The number of carbonyl (C=O) groups is 1. The van der Waals surface area contributed by atoms with Crippen LogP contribution in [0, 0.1) is 12.3 Å². The first-order chi connectivity index (χ1) is 17.5. The molecular formula is C29H38ClN3O3S. The van der Waals surface area contributed by atoms with E-state index in [1.165, 1.54) is 24.5 Å². The fourth-order valence-electron chi connectivity index (χ4n) is 5.27. The molecule has 0 spiro atoms. The van der Waals surface area contributed by atoms with Crippen LogP contribution in [-0.2, 0) is 10.0 Å². The van der Waals surface area contributed by atoms with E-state index in [9.17, 15) is 13.2 Å². The number of sulfonamides is 1. The Kier molecular flexibility index (Phi) is 8.36. The third-order valence-electron chi connectivity index (χ3n) is 7.61. The molecule has 2 aromatic carbocycles. The van der Waals surface area contributed by atoms with Crippen LogP contribution in [0.4, 0.5) is 5.69 Å². The molecule has 1 heterocycles. The summed E-state index contributed by atoms with van der Waals surface area (Å²) in [4.78, 5) is 17.3. The van der Waals surface area contributed by atoms with E-state index in [0.29, 0.717) is 11.0 Å². The Balaban J connectivity index is 1.42. The van der Waals surface area contributed by atoms with Crippen molar-refractivity contribution in [3.8, 4) is 0 Å². The maximum Gasteiger partial charge on any atom is 0.264 e. The van der Waals surface area contributed by atoms with Gasteiger partial charge in [0.25, 0.3) is 5.91 Å². The van der Waals surface area contributed by atoms with E-state index in [1.807, 2.05) is 31.2 Å². The third-order valence-corrected chi connectivity index (χ3v) is 9.12. The van der Waals surface area contributed by atoms with Crippen LogP contribution < -0.4 is 9.62 Å². The highest BCUT2D eigenvalue weighted by atomic mass is 35.5. The molecule has 6 nitrogen and oxygen atoms in total. The van der Waals surface area contributed by atoms with Crippen LogP contribution in [0.1, 0.15) is 61.5 Å². The summed E-state index contributed by atoms with van der Waals surface area (Å²) in [5.74, 6) is -0.702. The lowest BCUT2D eigenvalue weighted by Gasteiger charge is -2.39. The average Bonchev–Trinajstić information content (AvgIpc) is 2.85. The second kappa shape index (κ2) is 11.2. The van der Waals surface area contributed by atoms with Gasteiger partial charge in [-0.2, -0.15) is 0 Å². The number of nitrogens with zero attached hydrogens (tertiary/aromatic N) is 2. The van der Waals surface area contributed by atoms with Crippen LogP contribution in [0.15, 0.2) is 48.0 Å². The van der Waals surface area contributed by atoms with Crippen molar-refractivity contribution >= 4 is 38.8 Å². The van der Waals surface area contributed by atoms with Crippen molar-refractivity contribution in [1.82, 2.24) is 9.62 Å². The zero-order valence-corrected chi connectivity index (χ0v) is 23.9. The molecule has 0 atom stereocenters. The first-order valence-corrected chi connectivity index (χ1v) is 15.1. The molecule has 8 heteroatoms. The van der Waals surface area contributed by atoms with Gasteiger partial charge in [-0.1, -0.05) is 43.2 Å². The van der Waals surface area contributed by atoms with Gasteiger partial charge in [-0.15, -0.1) is 0 Å². The number of hydrogen-bond donors (Lipinski definition) is 1. The second-order valence-electron chi connectivity index (χ2n) is 11.0. The minimum Gasteiger partial charge on any atom is -0.369 e. The summed E-state index contributed by atoms with van der Waals surface area (Å²) in [7, 11) is -3.59. The molecular weight excluding hydrogens is 506 g/mol. The number of benzene rings is 2. The Labute approximate surface area is 226 Å². The summed E-state index contributed by atoms with van der Waals surface area (Å²) < 4.78 is 25.7. The van der Waals surface area contributed by atoms with Gasteiger partial charge in [0.1, 0.15) is 0 Å². The van der Waals surface area contributed by atoms with Gasteiger partial charge in [-0.3, -0.25) is 9.69 Å². The Morgan fingerprint density at radius 1 is 1.05 bits per heavy atom. The standard InChI is InChI=1S/C29H38ClN3O3S/c1-5-37(35,36)31-28(34)26-11-10-25(18-21(26)2)33-16-14-32(15-17-33)20-23-12-13-29(3,4)19-27(23)22-6-8-24(30)9-7-22/h6-11,18H,5,12-17,19-20H2,1-4H3,(H,31,34). The quantitative estimate of drug-likeness (QED) is 0.498. The molecule has 1 amide bonds. The molecule has 2 aromatic rings. The van der Waals surface area contributed by atoms with Crippen molar-refractivity contribution in [1.29, 1.82) is 0 Å². The molecule has 1 N–H and O–H groups in total. The molecule has 1 aliphatic carbocycles. The van der Waals surface area contributed by atoms with Crippen LogP contribution in [0.3, 0.4) is 0 Å². The van der Waals surface area contributed by atoms with Gasteiger partial charge >= 0.3 is 0 Å². The molecule has 37 heavy (non-hydrogen) atoms. The number of hydrogen-bond acceptors (Lipinski definition) is 5. The number of allylic oxidation sites excluding steroid dienone is 1. The highest BCUT2D eigenvalue weighted by Crippen LogP contribution is 2.43. The smallest absolute Gasteiger partial charge is 0.264 e. The van der Waals surface area contributed by atoms with E-state index < -0.39 is 15.9 Å². The van der Waals surface area contributed by atoms with E-state index in [1.54, 1.807) is 11.6 Å². The van der Waals surface area contributed by atoms with Gasteiger partial charge in [-0.05, 0) is 85.6 Å². The average molecular weight is 544 g/mol. The van der Waals surface area contributed by atoms with Crippen molar-refractivity contribution < 1.29 is 13.2 Å². The van der Waals surface area contributed by atoms with Gasteiger partial charge in [-0.25, -0.2) is 13.1 Å². The van der Waals surface area contributed by atoms with Crippen molar-refractivity contribution in [2.45, 2.75) is 47.0 Å². The number of rotatable bonds is 7. The summed E-state index contributed by atoms with van der Waals surface area (Å²) in [6, 6.07) is 13.9. The molecule has 1 aliphatic heterocycles. The van der Waals surface area contributed by atoms with Crippen molar-refractivity contribution in [2.24, 2.45) is 5.41 Å². The minimum absolute atomic E-state index is 0.129. The normalized spacial score (nSPS) is 18.7. The van der Waals surface area contributed by atoms with Crippen molar-refractivity contribution in [2.75, 3.05) is 43.4 Å². The zero-order valence-electron chi connectivity index (χ0n) is 22.3. The second-order valence-corrected chi connectivity index (χ2v) is 13.5. The lowest BCUT2D eigenvalue weighted by Crippen LogP contribution is -2.47. The number of anilines is 1. The molecule has 1 fully saturated rings. The van der Waals surface area contributed by atoms with E-state index in [2.05, 4.69) is 40.5 Å². The molecule has 0 saturated carbocycles. The Morgan fingerprint density at radius 2 is 1.73 bits per heavy atom. The maximum absolute atomic E-state index is 12.4. The molecule has 0 aromatic heterocycles. The van der Waals surface area contributed by atoms with Crippen LogP contribution in [-0.4, -0.2) is 57.7 Å². The van der Waals surface area contributed by atoms with Gasteiger partial charge in [0.05, 0.1) is 5.75 Å². The molecule has 0 radical (unpaired) electrons. The monoisotopic (exact) mass is 543 g/mol. The third kappa shape index (κ3) is 6.95. The summed E-state index contributed by atoms with van der Waals surface area (Å²) in [5, 5.41) is 0.770. The number of halogens is 1. The predicted octanol–water partition coefficient (Wildman–Crippen LogP) is 5.51. The Hall–Kier alpha value is -2.35. The number of nitrogens with one attached hydrogen (secondary N) is 1. The van der Waals surface area contributed by atoms with E-state index in [-0.39, 0.29) is 5.75 Å². The van der Waals surface area contributed by atoms with Crippen molar-refractivity contribution in [3.05, 3.63) is 69.8 Å². The minimum atomic E-state index is -3.59. The SMILES string of the molecule is CCS(=O)(=O)NC(=O)c1ccc(N2CCN(CC3=C(c4ccc(Cl)cc4)CC(C)(C)CC3)CC2)cc1C. The maximum atomic E-state index is 12.4. The first-order valence-electron chi connectivity index (χ1n) is 13.1. The van der Waals surface area contributed by atoms with Crippen LogP contribution in [0.2, 0.25) is 5.02 Å². The van der Waals surface area contributed by atoms with Crippen LogP contribution in [0.25, 0.3) is 5.57 Å². The van der Waals surface area contributed by atoms with E-state index >= 15 is 0 Å². The van der Waals surface area contributed by atoms with Gasteiger partial charge in [0.15, 0.2) is 0 Å². The molecule has 0 unspecified atom stereocenters. The van der Waals surface area contributed by atoms with E-state index in [0.717, 1.165) is 61.8 Å². The fourth-order valence-corrected chi connectivity index (χ4v) is 5.93. The molecule has 1 saturated heterocycles. The predicted molar refractivity (Wildman–Crippen MR) is 153 cm³/mol. The lowest BCUT2D eigenvalue weighted by molar-refractivity contribution is 0.0981. The van der Waals surface area contributed by atoms with E-state index in [4.69, 9.17) is 11.6 Å². The highest BCUT2D eigenvalue weighted by molar-refractivity contribution is 7.90. The summed E-state index contributed by atoms with van der Waals surface area (Å²) in [6.07, 6.45) is 3.42. The summed E-state index contributed by atoms with van der Waals surface area (Å²) in [6.45, 7) is 12.8. The van der Waals surface area contributed by atoms with Crippen LogP contribution in [0.5, 0.6) is 0 Å². The Bertz CT molecular complexity index is 1280. The largest absolute Gasteiger partial charge is 0.369 e. The highest BCUT2D eigenvalue weighted by Gasteiger charge is 2.29. The number of piperazine rings is 1. The Morgan fingerprint density at radius 3 is 2.35 bits per heavy atom.